The molecule has 0 atom stereocenters. The number of carbonyl (C=O) groups is 2. The molecule has 0 N–H and O–H groups in total. The van der Waals surface area contributed by atoms with Crippen LogP contribution in [-0.4, -0.2) is 23.3 Å². The van der Waals surface area contributed by atoms with E-state index in [-0.39, 0.29) is 12.2 Å². The van der Waals surface area contributed by atoms with Gasteiger partial charge >= 0.3 is 5.97 Å². The Labute approximate surface area is 104 Å². The van der Waals surface area contributed by atoms with Crippen molar-refractivity contribution in [1.29, 1.82) is 0 Å². The number of aryl methyl sites for hydroxylation is 2. The molecule has 0 saturated heterocycles. The molecule has 1 aromatic heterocycles. The molecule has 0 unspecified atom stereocenters. The summed E-state index contributed by atoms with van der Waals surface area (Å²) in [6.45, 7) is 2.03. The van der Waals surface area contributed by atoms with Gasteiger partial charge in [-0.15, -0.1) is 11.3 Å². The average molecular weight is 253 g/mol. The molecule has 0 bridgehead atoms. The lowest BCUT2D eigenvalue weighted by molar-refractivity contribution is -0.141. The normalized spacial score (nSPS) is 14.2. The molecule has 0 radical (unpaired) electrons. The maximum Gasteiger partial charge on any atom is 0.313 e. The van der Waals surface area contributed by atoms with Crippen molar-refractivity contribution in [3.05, 3.63) is 15.6 Å². The van der Waals surface area contributed by atoms with Gasteiger partial charge in [0.1, 0.15) is 6.42 Å². The molecule has 0 fully saturated rings. The standard InChI is InChI=1S/C12H15NO3S/c1-2-16-11(15)7-9(14)12-13-8-5-3-4-6-10(8)17-12/h2-7H2,1H3. The van der Waals surface area contributed by atoms with E-state index < -0.39 is 5.97 Å². The highest BCUT2D eigenvalue weighted by molar-refractivity contribution is 7.13. The summed E-state index contributed by atoms with van der Waals surface area (Å²) in [4.78, 5) is 28.5. The van der Waals surface area contributed by atoms with Crippen LogP contribution in [0.1, 0.15) is 46.6 Å². The monoisotopic (exact) mass is 253 g/mol. The topological polar surface area (TPSA) is 56.3 Å². The van der Waals surface area contributed by atoms with E-state index in [9.17, 15) is 9.59 Å². The van der Waals surface area contributed by atoms with Crippen molar-refractivity contribution < 1.29 is 14.3 Å². The number of ether oxygens (including phenoxy) is 1. The molecule has 0 aliphatic heterocycles. The van der Waals surface area contributed by atoms with Crippen molar-refractivity contribution in [3.63, 3.8) is 0 Å². The second-order valence-corrected chi connectivity index (χ2v) is 5.08. The maximum atomic E-state index is 11.8. The zero-order chi connectivity index (χ0) is 12.3. The van der Waals surface area contributed by atoms with Crippen molar-refractivity contribution in [2.75, 3.05) is 6.61 Å². The van der Waals surface area contributed by atoms with E-state index in [1.165, 1.54) is 22.6 Å². The van der Waals surface area contributed by atoms with Crippen molar-refractivity contribution >= 4 is 23.1 Å². The number of hydrogen-bond donors (Lipinski definition) is 0. The lowest BCUT2D eigenvalue weighted by Gasteiger charge is -2.06. The fourth-order valence-electron chi connectivity index (χ4n) is 1.89. The van der Waals surface area contributed by atoms with Crippen LogP contribution < -0.4 is 0 Å². The quantitative estimate of drug-likeness (QED) is 0.469. The van der Waals surface area contributed by atoms with Crippen molar-refractivity contribution in [2.45, 2.75) is 39.0 Å². The molecule has 92 valence electrons. The van der Waals surface area contributed by atoms with Gasteiger partial charge in [0, 0.05) is 4.88 Å². The van der Waals surface area contributed by atoms with Gasteiger partial charge in [-0.2, -0.15) is 0 Å². The van der Waals surface area contributed by atoms with Crippen molar-refractivity contribution in [3.8, 4) is 0 Å². The molecule has 1 aliphatic rings. The molecule has 0 aromatic carbocycles. The number of esters is 1. The Kier molecular flexibility index (Phi) is 3.89. The average Bonchev–Trinajstić information content (AvgIpc) is 2.72. The van der Waals surface area contributed by atoms with Gasteiger partial charge in [-0.3, -0.25) is 9.59 Å². The van der Waals surface area contributed by atoms with Crippen molar-refractivity contribution in [1.82, 2.24) is 4.98 Å². The van der Waals surface area contributed by atoms with Crippen LogP contribution in [0.15, 0.2) is 0 Å². The molecule has 1 aromatic rings. The van der Waals surface area contributed by atoms with Gasteiger partial charge in [-0.1, -0.05) is 0 Å². The highest BCUT2D eigenvalue weighted by atomic mass is 32.1. The molecule has 2 rings (SSSR count). The van der Waals surface area contributed by atoms with E-state index >= 15 is 0 Å². The summed E-state index contributed by atoms with van der Waals surface area (Å²) in [6, 6.07) is 0. The number of hydrogen-bond acceptors (Lipinski definition) is 5. The number of nitrogens with zero attached hydrogens (tertiary/aromatic N) is 1. The lowest BCUT2D eigenvalue weighted by Crippen LogP contribution is -2.11. The van der Waals surface area contributed by atoms with Gasteiger partial charge in [-0.25, -0.2) is 4.98 Å². The first-order valence-electron chi connectivity index (χ1n) is 5.88. The van der Waals surface area contributed by atoms with Gasteiger partial charge in [-0.05, 0) is 32.6 Å². The summed E-state index contributed by atoms with van der Waals surface area (Å²) in [6.07, 6.45) is 4.08. The summed E-state index contributed by atoms with van der Waals surface area (Å²) in [5.74, 6) is -0.687. The second kappa shape index (κ2) is 5.40. The Morgan fingerprint density at radius 3 is 2.82 bits per heavy atom. The number of Topliss-reactive ketones (excluding diaryl/α,β-unsaturated/α-hetero) is 1. The van der Waals surface area contributed by atoms with Gasteiger partial charge in [0.05, 0.1) is 12.3 Å². The Bertz CT molecular complexity index is 415. The van der Waals surface area contributed by atoms with E-state index in [4.69, 9.17) is 4.74 Å². The Hall–Kier alpha value is -1.23. The first-order valence-corrected chi connectivity index (χ1v) is 6.69. The summed E-state index contributed by atoms with van der Waals surface area (Å²) in [5, 5.41) is 0.463. The third kappa shape index (κ3) is 2.91. The molecule has 5 heteroatoms. The summed E-state index contributed by atoms with van der Waals surface area (Å²) >= 11 is 1.44. The van der Waals surface area contributed by atoms with E-state index in [0.717, 1.165) is 25.0 Å². The Morgan fingerprint density at radius 2 is 2.12 bits per heavy atom. The van der Waals surface area contributed by atoms with Crippen LogP contribution in [0.25, 0.3) is 0 Å². The molecular weight excluding hydrogens is 238 g/mol. The van der Waals surface area contributed by atoms with Crippen LogP contribution in [0.3, 0.4) is 0 Å². The van der Waals surface area contributed by atoms with E-state index in [1.54, 1.807) is 6.92 Å². The first-order chi connectivity index (χ1) is 8.20. The lowest BCUT2D eigenvalue weighted by atomic mass is 10.0. The molecule has 1 aliphatic carbocycles. The van der Waals surface area contributed by atoms with E-state index in [0.29, 0.717) is 11.6 Å². The van der Waals surface area contributed by atoms with Crippen LogP contribution in [0, 0.1) is 0 Å². The van der Waals surface area contributed by atoms with Gasteiger partial charge in [0.2, 0.25) is 5.78 Å². The predicted molar refractivity (Wildman–Crippen MR) is 64.3 cm³/mol. The number of thiazole rings is 1. The third-order valence-corrected chi connectivity index (χ3v) is 3.89. The summed E-state index contributed by atoms with van der Waals surface area (Å²) < 4.78 is 4.75. The Balaban J connectivity index is 2.04. The fourth-order valence-corrected chi connectivity index (χ4v) is 2.98. The van der Waals surface area contributed by atoms with E-state index in [2.05, 4.69) is 4.98 Å². The van der Waals surface area contributed by atoms with Crippen LogP contribution in [0.4, 0.5) is 0 Å². The predicted octanol–water partition coefficient (Wildman–Crippen LogP) is 2.16. The van der Waals surface area contributed by atoms with E-state index in [1.807, 2.05) is 0 Å². The van der Waals surface area contributed by atoms with Gasteiger partial charge in [0.15, 0.2) is 5.01 Å². The van der Waals surface area contributed by atoms with Gasteiger partial charge in [0.25, 0.3) is 0 Å². The molecule has 4 nitrogen and oxygen atoms in total. The molecule has 0 spiro atoms. The molecule has 1 heterocycles. The molecule has 17 heavy (non-hydrogen) atoms. The van der Waals surface area contributed by atoms with Crippen LogP contribution in [0.2, 0.25) is 0 Å². The number of rotatable bonds is 4. The van der Waals surface area contributed by atoms with Crippen LogP contribution >= 0.6 is 11.3 Å². The van der Waals surface area contributed by atoms with Crippen LogP contribution in [-0.2, 0) is 22.4 Å². The minimum absolute atomic E-state index is 0.194. The number of fused-ring (bicyclic) bond motifs is 1. The SMILES string of the molecule is CCOC(=O)CC(=O)c1nc2c(s1)CCCC2. The minimum Gasteiger partial charge on any atom is -0.466 e. The number of ketones is 1. The third-order valence-electron chi connectivity index (χ3n) is 2.69. The maximum absolute atomic E-state index is 11.8. The zero-order valence-electron chi connectivity index (χ0n) is 9.82. The van der Waals surface area contributed by atoms with Crippen LogP contribution in [0.5, 0.6) is 0 Å². The fraction of sp³-hybridized carbons (Fsp3) is 0.583. The smallest absolute Gasteiger partial charge is 0.313 e. The number of aromatic nitrogens is 1. The highest BCUT2D eigenvalue weighted by Crippen LogP contribution is 2.27. The second-order valence-electron chi connectivity index (χ2n) is 4.00. The molecule has 0 saturated carbocycles. The zero-order valence-corrected chi connectivity index (χ0v) is 10.6. The summed E-state index contributed by atoms with van der Waals surface area (Å²) in [7, 11) is 0. The summed E-state index contributed by atoms with van der Waals surface area (Å²) in [5.41, 5.74) is 1.05. The number of carbonyl (C=O) groups excluding carboxylic acids is 2. The first kappa shape index (κ1) is 12.2. The molecule has 0 amide bonds. The van der Waals surface area contributed by atoms with Crippen molar-refractivity contribution in [2.24, 2.45) is 0 Å². The Morgan fingerprint density at radius 1 is 1.35 bits per heavy atom. The minimum atomic E-state index is -0.467. The molecular formula is C12H15NO3S. The van der Waals surface area contributed by atoms with Gasteiger partial charge < -0.3 is 4.74 Å². The largest absolute Gasteiger partial charge is 0.466 e. The highest BCUT2D eigenvalue weighted by Gasteiger charge is 2.21.